The van der Waals surface area contributed by atoms with E-state index in [4.69, 9.17) is 0 Å². The first kappa shape index (κ1) is 10.7. The van der Waals surface area contributed by atoms with E-state index in [0.717, 1.165) is 13.1 Å². The average molecular weight is 237 g/mol. The molecule has 2 aliphatic heterocycles. The van der Waals surface area contributed by atoms with Gasteiger partial charge in [-0.3, -0.25) is 4.68 Å². The molecule has 0 radical (unpaired) electrons. The van der Waals surface area contributed by atoms with E-state index >= 15 is 0 Å². The van der Waals surface area contributed by atoms with Crippen molar-refractivity contribution in [3.05, 3.63) is 17.5 Å². The fourth-order valence-electron chi connectivity index (χ4n) is 2.84. The second kappa shape index (κ2) is 4.41. The molecular formula is C12H19N3S. The van der Waals surface area contributed by atoms with Crippen LogP contribution in [0.25, 0.3) is 0 Å². The van der Waals surface area contributed by atoms with E-state index in [1.54, 1.807) is 0 Å². The molecule has 2 unspecified atom stereocenters. The summed E-state index contributed by atoms with van der Waals surface area (Å²) in [6.45, 7) is 4.53. The summed E-state index contributed by atoms with van der Waals surface area (Å²) in [4.78, 5) is 0. The number of nitrogens with one attached hydrogen (secondary N) is 1. The maximum Gasteiger partial charge on any atom is 0.0620 e. The lowest BCUT2D eigenvalue weighted by Crippen LogP contribution is -2.12. The van der Waals surface area contributed by atoms with Crippen molar-refractivity contribution in [1.29, 1.82) is 0 Å². The van der Waals surface area contributed by atoms with Gasteiger partial charge in [0.2, 0.25) is 0 Å². The number of hydrogen-bond donors (Lipinski definition) is 1. The van der Waals surface area contributed by atoms with E-state index in [9.17, 15) is 0 Å². The van der Waals surface area contributed by atoms with E-state index in [-0.39, 0.29) is 0 Å². The summed E-state index contributed by atoms with van der Waals surface area (Å²) in [7, 11) is 0. The molecule has 2 atom stereocenters. The molecule has 3 heterocycles. The molecule has 2 fully saturated rings. The van der Waals surface area contributed by atoms with Gasteiger partial charge in [-0.15, -0.1) is 0 Å². The molecule has 0 bridgehead atoms. The van der Waals surface area contributed by atoms with Crippen LogP contribution in [0.5, 0.6) is 0 Å². The van der Waals surface area contributed by atoms with Gasteiger partial charge in [0.05, 0.1) is 12.2 Å². The van der Waals surface area contributed by atoms with Crippen LogP contribution in [0.1, 0.15) is 36.1 Å². The molecule has 3 rings (SSSR count). The highest BCUT2D eigenvalue weighted by molar-refractivity contribution is 7.99. The second-order valence-corrected chi connectivity index (χ2v) is 5.99. The summed E-state index contributed by atoms with van der Waals surface area (Å²) in [6, 6.07) is 0.646. The number of aromatic nitrogens is 2. The van der Waals surface area contributed by atoms with Gasteiger partial charge >= 0.3 is 0 Å². The Morgan fingerprint density at radius 3 is 3.12 bits per heavy atom. The van der Waals surface area contributed by atoms with Gasteiger partial charge in [-0.05, 0) is 37.6 Å². The van der Waals surface area contributed by atoms with Crippen molar-refractivity contribution in [3.63, 3.8) is 0 Å². The lowest BCUT2D eigenvalue weighted by Gasteiger charge is -2.13. The molecule has 3 nitrogen and oxygen atoms in total. The Hall–Kier alpha value is -0.480. The number of rotatable bonds is 2. The Balaban J connectivity index is 1.84. The van der Waals surface area contributed by atoms with Gasteiger partial charge < -0.3 is 5.32 Å². The molecule has 1 aromatic heterocycles. The Morgan fingerprint density at radius 2 is 2.44 bits per heavy atom. The molecule has 16 heavy (non-hydrogen) atoms. The van der Waals surface area contributed by atoms with Crippen molar-refractivity contribution < 1.29 is 0 Å². The molecule has 0 saturated carbocycles. The standard InChI is InChI=1S/C12H19N3S/c1-9-12(10-2-4-13-6-10)7-14-15(9)11-3-5-16-8-11/h7,10-11,13H,2-6,8H2,1H3. The average Bonchev–Trinajstić information content (AvgIpc) is 2.96. The predicted octanol–water partition coefficient (Wildman–Crippen LogP) is 1.95. The minimum atomic E-state index is 0.646. The first-order chi connectivity index (χ1) is 7.86. The van der Waals surface area contributed by atoms with Crippen molar-refractivity contribution in [3.8, 4) is 0 Å². The molecule has 1 aromatic rings. The van der Waals surface area contributed by atoms with Crippen LogP contribution in [0, 0.1) is 6.92 Å². The summed E-state index contributed by atoms with van der Waals surface area (Å²) in [5.74, 6) is 3.23. The third kappa shape index (κ3) is 1.78. The second-order valence-electron chi connectivity index (χ2n) is 4.84. The summed E-state index contributed by atoms with van der Waals surface area (Å²) < 4.78 is 2.27. The van der Waals surface area contributed by atoms with Crippen molar-refractivity contribution >= 4 is 11.8 Å². The first-order valence-electron chi connectivity index (χ1n) is 6.18. The highest BCUT2D eigenvalue weighted by Crippen LogP contribution is 2.31. The van der Waals surface area contributed by atoms with Crippen LogP contribution in [0.4, 0.5) is 0 Å². The summed E-state index contributed by atoms with van der Waals surface area (Å²) in [5.41, 5.74) is 2.88. The van der Waals surface area contributed by atoms with Crippen LogP contribution in [0.3, 0.4) is 0 Å². The molecule has 0 spiro atoms. The molecule has 1 N–H and O–H groups in total. The molecule has 88 valence electrons. The van der Waals surface area contributed by atoms with Crippen molar-refractivity contribution in [2.45, 2.75) is 31.7 Å². The van der Waals surface area contributed by atoms with Crippen LogP contribution in [0.15, 0.2) is 6.20 Å². The third-order valence-corrected chi connectivity index (χ3v) is 4.98. The number of nitrogens with zero attached hydrogens (tertiary/aromatic N) is 2. The van der Waals surface area contributed by atoms with E-state index in [0.29, 0.717) is 12.0 Å². The molecular weight excluding hydrogens is 218 g/mol. The first-order valence-corrected chi connectivity index (χ1v) is 7.34. The molecule has 0 aliphatic carbocycles. The number of thioether (sulfide) groups is 1. The van der Waals surface area contributed by atoms with E-state index < -0.39 is 0 Å². The van der Waals surface area contributed by atoms with Gasteiger partial charge in [0.25, 0.3) is 0 Å². The minimum absolute atomic E-state index is 0.646. The van der Waals surface area contributed by atoms with Crippen LogP contribution < -0.4 is 5.32 Å². The maximum atomic E-state index is 4.62. The van der Waals surface area contributed by atoms with Crippen LogP contribution in [0.2, 0.25) is 0 Å². The highest BCUT2D eigenvalue weighted by atomic mass is 32.2. The molecule has 0 amide bonds. The monoisotopic (exact) mass is 237 g/mol. The van der Waals surface area contributed by atoms with E-state index in [1.807, 2.05) is 0 Å². The Labute approximate surface area is 101 Å². The smallest absolute Gasteiger partial charge is 0.0620 e. The quantitative estimate of drug-likeness (QED) is 0.852. The van der Waals surface area contributed by atoms with Crippen molar-refractivity contribution in [1.82, 2.24) is 15.1 Å². The number of hydrogen-bond acceptors (Lipinski definition) is 3. The summed E-state index contributed by atoms with van der Waals surface area (Å²) in [6.07, 6.45) is 4.66. The van der Waals surface area contributed by atoms with Crippen LogP contribution in [-0.2, 0) is 0 Å². The summed E-state index contributed by atoms with van der Waals surface area (Å²) >= 11 is 2.05. The summed E-state index contributed by atoms with van der Waals surface area (Å²) in [5, 5.41) is 8.05. The molecule has 2 saturated heterocycles. The van der Waals surface area contributed by atoms with Gasteiger partial charge in [-0.25, -0.2) is 0 Å². The molecule has 2 aliphatic rings. The van der Waals surface area contributed by atoms with Crippen molar-refractivity contribution in [2.24, 2.45) is 0 Å². The molecule has 4 heteroatoms. The van der Waals surface area contributed by atoms with Crippen molar-refractivity contribution in [2.75, 3.05) is 24.6 Å². The SMILES string of the molecule is Cc1c(C2CCNC2)cnn1C1CCSC1. The van der Waals surface area contributed by atoms with E-state index in [1.165, 1.54) is 35.6 Å². The van der Waals surface area contributed by atoms with Gasteiger partial charge in [0, 0.05) is 23.9 Å². The highest BCUT2D eigenvalue weighted by Gasteiger charge is 2.25. The normalized spacial score (nSPS) is 30.1. The Kier molecular flexibility index (Phi) is 2.94. The third-order valence-electron chi connectivity index (χ3n) is 3.83. The topological polar surface area (TPSA) is 29.9 Å². The Bertz CT molecular complexity index is 329. The van der Waals surface area contributed by atoms with Gasteiger partial charge in [0.15, 0.2) is 0 Å². The Morgan fingerprint density at radius 1 is 1.50 bits per heavy atom. The van der Waals surface area contributed by atoms with Crippen LogP contribution >= 0.6 is 11.8 Å². The zero-order chi connectivity index (χ0) is 11.0. The molecule has 0 aromatic carbocycles. The lowest BCUT2D eigenvalue weighted by atomic mass is 9.99. The predicted molar refractivity (Wildman–Crippen MR) is 68.2 cm³/mol. The zero-order valence-electron chi connectivity index (χ0n) is 9.78. The van der Waals surface area contributed by atoms with Crippen LogP contribution in [-0.4, -0.2) is 34.4 Å². The fraction of sp³-hybridized carbons (Fsp3) is 0.750. The van der Waals surface area contributed by atoms with E-state index in [2.05, 4.69) is 40.0 Å². The zero-order valence-corrected chi connectivity index (χ0v) is 10.6. The minimum Gasteiger partial charge on any atom is -0.316 e. The van der Waals surface area contributed by atoms with Gasteiger partial charge in [0.1, 0.15) is 0 Å². The lowest BCUT2D eigenvalue weighted by molar-refractivity contribution is 0.489. The largest absolute Gasteiger partial charge is 0.316 e. The fourth-order valence-corrected chi connectivity index (χ4v) is 4.03. The maximum absolute atomic E-state index is 4.62. The van der Waals surface area contributed by atoms with Gasteiger partial charge in [-0.2, -0.15) is 16.9 Å². The van der Waals surface area contributed by atoms with Gasteiger partial charge in [-0.1, -0.05) is 0 Å².